The van der Waals surface area contributed by atoms with E-state index in [4.69, 9.17) is 33.9 Å². The molecule has 0 aliphatic heterocycles. The van der Waals surface area contributed by atoms with Crippen LogP contribution in [0.25, 0.3) is 0 Å². The fourth-order valence-corrected chi connectivity index (χ4v) is 3.52. The third kappa shape index (κ3) is 2.00. The molecule has 0 spiro atoms. The fourth-order valence-electron chi connectivity index (χ4n) is 0.471. The zero-order valence-electron chi connectivity index (χ0n) is 4.84. The van der Waals surface area contributed by atoms with E-state index < -0.39 is 9.05 Å². The van der Waals surface area contributed by atoms with Gasteiger partial charge < -0.3 is 0 Å². The summed E-state index contributed by atoms with van der Waals surface area (Å²) in [4.78, 5) is 0. The zero-order valence-corrected chi connectivity index (χ0v) is 8.75. The maximum absolute atomic E-state index is 10.7. The van der Waals surface area contributed by atoms with Crippen LogP contribution in [0.1, 0.15) is 0 Å². The molecular weight excluding hydrogens is 251 g/mol. The van der Waals surface area contributed by atoms with Crippen LogP contribution in [0.3, 0.4) is 0 Å². The van der Waals surface area contributed by atoms with Crippen molar-refractivity contribution in [3.05, 3.63) is 15.4 Å². The van der Waals surface area contributed by atoms with E-state index in [0.717, 1.165) is 11.3 Å². The Morgan fingerprint density at radius 2 is 1.91 bits per heavy atom. The van der Waals surface area contributed by atoms with E-state index in [-0.39, 0.29) is 14.3 Å². The van der Waals surface area contributed by atoms with Gasteiger partial charge in [-0.1, -0.05) is 23.2 Å². The van der Waals surface area contributed by atoms with Crippen molar-refractivity contribution in [3.63, 3.8) is 0 Å². The molecule has 0 bridgehead atoms. The van der Waals surface area contributed by atoms with Crippen molar-refractivity contribution in [1.29, 1.82) is 0 Å². The van der Waals surface area contributed by atoms with Gasteiger partial charge in [0.1, 0.15) is 0 Å². The number of hydrogen-bond acceptors (Lipinski definition) is 3. The largest absolute Gasteiger partial charge is 0.272 e. The van der Waals surface area contributed by atoms with Crippen molar-refractivity contribution in [2.24, 2.45) is 0 Å². The van der Waals surface area contributed by atoms with Crippen LogP contribution in [-0.4, -0.2) is 8.42 Å². The molecule has 1 heterocycles. The van der Waals surface area contributed by atoms with Gasteiger partial charge in [-0.25, -0.2) is 8.42 Å². The van der Waals surface area contributed by atoms with Crippen LogP contribution in [0.15, 0.2) is 9.59 Å². The van der Waals surface area contributed by atoms with Gasteiger partial charge in [0.2, 0.25) is 0 Å². The Balaban J connectivity index is 3.38. The molecule has 1 aromatic rings. The predicted octanol–water partition coefficient (Wildman–Crippen LogP) is 2.98. The van der Waals surface area contributed by atoms with Crippen LogP contribution in [0, 0.1) is 0 Å². The molecule has 7 heteroatoms. The maximum Gasteiger partial charge on any atom is 0.272 e. The molecule has 0 aliphatic rings. The van der Waals surface area contributed by atoms with Crippen molar-refractivity contribution in [2.45, 2.75) is 4.21 Å². The van der Waals surface area contributed by atoms with Gasteiger partial charge in [-0.3, -0.25) is 0 Å². The molecule has 0 atom stereocenters. The molecule has 0 aliphatic carbocycles. The first-order valence-corrected chi connectivity index (χ1v) is 6.24. The van der Waals surface area contributed by atoms with Crippen LogP contribution < -0.4 is 0 Å². The van der Waals surface area contributed by atoms with Crippen LogP contribution in [0.2, 0.25) is 10.0 Å². The van der Waals surface area contributed by atoms with Crippen molar-refractivity contribution < 1.29 is 8.42 Å². The molecule has 0 N–H and O–H groups in total. The van der Waals surface area contributed by atoms with E-state index in [1.807, 2.05) is 0 Å². The first-order chi connectivity index (χ1) is 4.93. The lowest BCUT2D eigenvalue weighted by Gasteiger charge is -1.89. The Morgan fingerprint density at radius 1 is 1.36 bits per heavy atom. The SMILES string of the molecule is O=S(=O)(Cl)c1scc(Cl)c1Cl. The summed E-state index contributed by atoms with van der Waals surface area (Å²) in [6.45, 7) is 0. The maximum atomic E-state index is 10.7. The monoisotopic (exact) mass is 250 g/mol. The first-order valence-electron chi connectivity index (χ1n) is 2.30. The Bertz CT molecular complexity index is 367. The average Bonchev–Trinajstić information content (AvgIpc) is 2.11. The summed E-state index contributed by atoms with van der Waals surface area (Å²) in [6, 6.07) is 0. The number of thiophene rings is 1. The van der Waals surface area contributed by atoms with Gasteiger partial charge in [-0.15, -0.1) is 11.3 Å². The smallest absolute Gasteiger partial charge is 0.206 e. The number of halogens is 3. The fraction of sp³-hybridized carbons (Fsp3) is 0. The van der Waals surface area contributed by atoms with Crippen LogP contribution in [0.5, 0.6) is 0 Å². The summed E-state index contributed by atoms with van der Waals surface area (Å²) in [6.07, 6.45) is 0. The lowest BCUT2D eigenvalue weighted by molar-refractivity contribution is 0.611. The highest BCUT2D eigenvalue weighted by molar-refractivity contribution is 8.15. The van der Waals surface area contributed by atoms with Gasteiger partial charge in [-0.05, 0) is 0 Å². The van der Waals surface area contributed by atoms with E-state index >= 15 is 0 Å². The summed E-state index contributed by atoms with van der Waals surface area (Å²) in [5.41, 5.74) is 0. The molecule has 2 nitrogen and oxygen atoms in total. The second kappa shape index (κ2) is 3.11. The standard InChI is InChI=1S/C4HCl3O2S2/c5-2-1-10-4(3(2)6)11(7,8)9/h1H. The van der Waals surface area contributed by atoms with Gasteiger partial charge in [-0.2, -0.15) is 0 Å². The molecule has 0 saturated carbocycles. The zero-order chi connectivity index (χ0) is 8.65. The van der Waals surface area contributed by atoms with E-state index in [1.54, 1.807) is 0 Å². The average molecular weight is 252 g/mol. The van der Waals surface area contributed by atoms with Crippen molar-refractivity contribution in [3.8, 4) is 0 Å². The highest BCUT2D eigenvalue weighted by atomic mass is 35.7. The number of rotatable bonds is 1. The Hall–Kier alpha value is 0.520. The Kier molecular flexibility index (Phi) is 2.71. The minimum absolute atomic E-state index is 0.00772. The summed E-state index contributed by atoms with van der Waals surface area (Å²) in [5.74, 6) is 0. The van der Waals surface area contributed by atoms with Gasteiger partial charge in [0, 0.05) is 16.1 Å². The molecule has 0 saturated heterocycles. The molecule has 11 heavy (non-hydrogen) atoms. The molecule has 0 fully saturated rings. The molecule has 0 amide bonds. The minimum Gasteiger partial charge on any atom is -0.206 e. The second-order valence-corrected chi connectivity index (χ2v) is 6.05. The van der Waals surface area contributed by atoms with Gasteiger partial charge in [0.15, 0.2) is 4.21 Å². The van der Waals surface area contributed by atoms with Gasteiger partial charge in [0.05, 0.1) is 10.0 Å². The van der Waals surface area contributed by atoms with Crippen molar-refractivity contribution in [2.75, 3.05) is 0 Å². The molecular formula is C4HCl3O2S2. The Labute approximate surface area is 82.1 Å². The molecule has 0 aromatic carbocycles. The van der Waals surface area contributed by atoms with Gasteiger partial charge >= 0.3 is 0 Å². The summed E-state index contributed by atoms with van der Waals surface area (Å²) >= 11 is 11.9. The quantitative estimate of drug-likeness (QED) is 0.719. The highest BCUT2D eigenvalue weighted by Crippen LogP contribution is 2.36. The van der Waals surface area contributed by atoms with E-state index in [0.29, 0.717) is 0 Å². The molecule has 62 valence electrons. The third-order valence-corrected chi connectivity index (χ3v) is 5.12. The minimum atomic E-state index is -3.74. The summed E-state index contributed by atoms with van der Waals surface area (Å²) < 4.78 is 21.3. The van der Waals surface area contributed by atoms with Crippen LogP contribution in [0.4, 0.5) is 0 Å². The predicted molar refractivity (Wildman–Crippen MR) is 47.4 cm³/mol. The normalized spacial score (nSPS) is 11.9. The number of hydrogen-bond donors (Lipinski definition) is 0. The van der Waals surface area contributed by atoms with E-state index in [9.17, 15) is 8.42 Å². The van der Waals surface area contributed by atoms with Crippen molar-refractivity contribution >= 4 is 54.3 Å². The van der Waals surface area contributed by atoms with Gasteiger partial charge in [0.25, 0.3) is 9.05 Å². The van der Waals surface area contributed by atoms with Crippen LogP contribution in [-0.2, 0) is 9.05 Å². The second-order valence-electron chi connectivity index (χ2n) is 1.62. The molecule has 0 unspecified atom stereocenters. The van der Waals surface area contributed by atoms with Crippen molar-refractivity contribution in [1.82, 2.24) is 0 Å². The van der Waals surface area contributed by atoms with E-state index in [1.165, 1.54) is 5.38 Å². The summed E-state index contributed by atoms with van der Waals surface area (Å²) in [5, 5.41) is 1.61. The lowest BCUT2D eigenvalue weighted by atomic mass is 10.7. The lowest BCUT2D eigenvalue weighted by Crippen LogP contribution is -1.85. The topological polar surface area (TPSA) is 34.1 Å². The van der Waals surface area contributed by atoms with E-state index in [2.05, 4.69) is 0 Å². The van der Waals surface area contributed by atoms with Crippen LogP contribution >= 0.6 is 45.2 Å². The summed E-state index contributed by atoms with van der Waals surface area (Å²) in [7, 11) is 1.28. The Morgan fingerprint density at radius 3 is 2.09 bits per heavy atom. The molecule has 1 rings (SSSR count). The highest BCUT2D eigenvalue weighted by Gasteiger charge is 2.19. The molecule has 0 radical (unpaired) electrons. The first kappa shape index (κ1) is 9.61. The molecule has 1 aromatic heterocycles. The third-order valence-electron chi connectivity index (χ3n) is 0.880.